The van der Waals surface area contributed by atoms with Crippen LogP contribution in [0.2, 0.25) is 5.02 Å². The van der Waals surface area contributed by atoms with Crippen molar-refractivity contribution in [2.45, 2.75) is 0 Å². The number of halogens is 1. The molecular formula is C10H9BClNO. The molecule has 0 spiro atoms. The summed E-state index contributed by atoms with van der Waals surface area (Å²) < 4.78 is 1.88. The van der Waals surface area contributed by atoms with Crippen molar-refractivity contribution in [1.82, 2.24) is 4.57 Å². The standard InChI is InChI=1S/C10H9BClNO/c1-13-8-3-2-6(12)4-7(8)10(11)9(13)5-14/h2-5H,11H2,1H3. The van der Waals surface area contributed by atoms with E-state index in [1.54, 1.807) is 0 Å². The monoisotopic (exact) mass is 205 g/mol. The maximum Gasteiger partial charge on any atom is 0.165 e. The molecule has 0 aliphatic rings. The number of aryl methyl sites for hydroxylation is 1. The smallest absolute Gasteiger partial charge is 0.165 e. The van der Waals surface area contributed by atoms with Gasteiger partial charge in [0.05, 0.1) is 5.69 Å². The molecule has 0 fully saturated rings. The molecule has 1 aromatic heterocycles. The molecule has 0 aliphatic heterocycles. The van der Waals surface area contributed by atoms with E-state index < -0.39 is 0 Å². The summed E-state index contributed by atoms with van der Waals surface area (Å²) in [5.41, 5.74) is 2.73. The number of hydrogen-bond acceptors (Lipinski definition) is 1. The summed E-state index contributed by atoms with van der Waals surface area (Å²) in [4.78, 5) is 10.8. The lowest BCUT2D eigenvalue weighted by Crippen LogP contribution is -2.09. The van der Waals surface area contributed by atoms with Gasteiger partial charge in [-0.2, -0.15) is 0 Å². The first-order valence-corrected chi connectivity index (χ1v) is 4.72. The van der Waals surface area contributed by atoms with Gasteiger partial charge in [0.2, 0.25) is 0 Å². The highest BCUT2D eigenvalue weighted by atomic mass is 35.5. The second kappa shape index (κ2) is 3.17. The van der Waals surface area contributed by atoms with E-state index in [2.05, 4.69) is 0 Å². The maximum absolute atomic E-state index is 10.8. The molecule has 1 heterocycles. The van der Waals surface area contributed by atoms with Crippen LogP contribution in [0.25, 0.3) is 10.9 Å². The first-order chi connectivity index (χ1) is 6.65. The van der Waals surface area contributed by atoms with Crippen molar-refractivity contribution in [3.8, 4) is 0 Å². The van der Waals surface area contributed by atoms with Crippen molar-refractivity contribution in [1.29, 1.82) is 0 Å². The van der Waals surface area contributed by atoms with Crippen LogP contribution >= 0.6 is 11.6 Å². The summed E-state index contributed by atoms with van der Waals surface area (Å²) in [7, 11) is 3.81. The zero-order valence-corrected chi connectivity index (χ0v) is 8.80. The number of rotatable bonds is 1. The van der Waals surface area contributed by atoms with Crippen molar-refractivity contribution >= 4 is 42.1 Å². The molecule has 2 nitrogen and oxygen atoms in total. The fraction of sp³-hybridized carbons (Fsp3) is 0.100. The first-order valence-electron chi connectivity index (χ1n) is 4.35. The van der Waals surface area contributed by atoms with E-state index in [1.807, 2.05) is 37.7 Å². The molecule has 0 unspecified atom stereocenters. The van der Waals surface area contributed by atoms with Gasteiger partial charge in [-0.1, -0.05) is 17.1 Å². The normalized spacial score (nSPS) is 10.7. The molecule has 4 heteroatoms. The number of aldehydes is 1. The second-order valence-electron chi connectivity index (χ2n) is 3.35. The third-order valence-electron chi connectivity index (χ3n) is 2.58. The molecule has 70 valence electrons. The minimum atomic E-state index is 0.698. The molecule has 0 N–H and O–H groups in total. The highest BCUT2D eigenvalue weighted by molar-refractivity contribution is 6.42. The largest absolute Gasteiger partial charge is 0.342 e. The quantitative estimate of drug-likeness (QED) is 0.501. The first kappa shape index (κ1) is 9.34. The van der Waals surface area contributed by atoms with E-state index >= 15 is 0 Å². The third-order valence-corrected chi connectivity index (χ3v) is 2.82. The summed E-state index contributed by atoms with van der Waals surface area (Å²) in [6, 6.07) is 5.65. The van der Waals surface area contributed by atoms with Gasteiger partial charge in [0.15, 0.2) is 6.29 Å². The van der Waals surface area contributed by atoms with Crippen LogP contribution in [-0.2, 0) is 7.05 Å². The molecule has 2 aromatic rings. The van der Waals surface area contributed by atoms with Gasteiger partial charge in [0.1, 0.15) is 7.85 Å². The number of carbonyl (C=O) groups is 1. The zero-order chi connectivity index (χ0) is 10.3. The Morgan fingerprint density at radius 3 is 2.86 bits per heavy atom. The van der Waals surface area contributed by atoms with E-state index in [1.165, 1.54) is 0 Å². The lowest BCUT2D eigenvalue weighted by Gasteiger charge is -1.97. The fourth-order valence-corrected chi connectivity index (χ4v) is 1.96. The van der Waals surface area contributed by atoms with Gasteiger partial charge in [-0.3, -0.25) is 4.79 Å². The Labute approximate surface area is 87.9 Å². The van der Waals surface area contributed by atoms with Crippen LogP contribution in [0.4, 0.5) is 0 Å². The van der Waals surface area contributed by atoms with Crippen LogP contribution in [0.15, 0.2) is 18.2 Å². The molecule has 2 rings (SSSR count). The topological polar surface area (TPSA) is 22.0 Å². The average molecular weight is 205 g/mol. The Hall–Kier alpha value is -1.22. The number of carbonyl (C=O) groups excluding carboxylic acids is 1. The van der Waals surface area contributed by atoms with Gasteiger partial charge >= 0.3 is 0 Å². The molecule has 0 bridgehead atoms. The molecular weight excluding hydrogens is 196 g/mol. The van der Waals surface area contributed by atoms with Gasteiger partial charge in [-0.15, -0.1) is 0 Å². The number of hydrogen-bond donors (Lipinski definition) is 0. The Bertz CT molecular complexity index is 518. The van der Waals surface area contributed by atoms with Crippen LogP contribution in [0.1, 0.15) is 10.5 Å². The van der Waals surface area contributed by atoms with Crippen LogP contribution in [0.3, 0.4) is 0 Å². The van der Waals surface area contributed by atoms with Gasteiger partial charge < -0.3 is 4.57 Å². The minimum Gasteiger partial charge on any atom is -0.342 e. The number of aromatic nitrogens is 1. The molecule has 0 amide bonds. The van der Waals surface area contributed by atoms with Crippen LogP contribution in [0, 0.1) is 0 Å². The second-order valence-corrected chi connectivity index (χ2v) is 3.79. The third kappa shape index (κ3) is 1.16. The maximum atomic E-state index is 10.8. The Kier molecular flexibility index (Phi) is 2.12. The van der Waals surface area contributed by atoms with Crippen LogP contribution in [0.5, 0.6) is 0 Å². The SMILES string of the molecule is Bc1c(C=O)n(C)c2ccc(Cl)cc12. The Morgan fingerprint density at radius 2 is 2.21 bits per heavy atom. The summed E-state index contributed by atoms with van der Waals surface area (Å²) in [6.07, 6.45) is 0.878. The molecule has 1 aromatic carbocycles. The summed E-state index contributed by atoms with van der Waals surface area (Å²) in [5.74, 6) is 0. The lowest BCUT2D eigenvalue weighted by atomic mass is 9.93. The van der Waals surface area contributed by atoms with Crippen molar-refractivity contribution in [2.75, 3.05) is 0 Å². The number of fused-ring (bicyclic) bond motifs is 1. The van der Waals surface area contributed by atoms with Crippen molar-refractivity contribution in [2.24, 2.45) is 7.05 Å². The Morgan fingerprint density at radius 1 is 1.50 bits per heavy atom. The molecule has 14 heavy (non-hydrogen) atoms. The zero-order valence-electron chi connectivity index (χ0n) is 8.04. The molecule has 0 atom stereocenters. The fourth-order valence-electron chi connectivity index (χ4n) is 1.79. The van der Waals surface area contributed by atoms with E-state index in [0.717, 1.165) is 22.7 Å². The predicted octanol–water partition coefficient (Wildman–Crippen LogP) is 0.903. The van der Waals surface area contributed by atoms with E-state index in [0.29, 0.717) is 10.7 Å². The van der Waals surface area contributed by atoms with E-state index in [-0.39, 0.29) is 0 Å². The van der Waals surface area contributed by atoms with Gasteiger partial charge in [0.25, 0.3) is 0 Å². The molecule has 0 saturated carbocycles. The summed E-state index contributed by atoms with van der Waals surface area (Å²) in [5, 5.41) is 1.74. The molecule has 0 radical (unpaired) electrons. The van der Waals surface area contributed by atoms with Crippen molar-refractivity contribution in [3.63, 3.8) is 0 Å². The number of benzene rings is 1. The van der Waals surface area contributed by atoms with E-state index in [9.17, 15) is 4.79 Å². The van der Waals surface area contributed by atoms with Gasteiger partial charge in [-0.05, 0) is 23.6 Å². The predicted molar refractivity (Wildman–Crippen MR) is 61.5 cm³/mol. The van der Waals surface area contributed by atoms with Crippen LogP contribution < -0.4 is 5.46 Å². The number of nitrogens with zero attached hydrogens (tertiary/aromatic N) is 1. The van der Waals surface area contributed by atoms with Gasteiger partial charge in [0, 0.05) is 17.6 Å². The molecule has 0 aliphatic carbocycles. The Balaban J connectivity index is 2.94. The highest BCUT2D eigenvalue weighted by Crippen LogP contribution is 2.19. The average Bonchev–Trinajstić information content (AvgIpc) is 2.39. The van der Waals surface area contributed by atoms with Crippen molar-refractivity contribution < 1.29 is 4.79 Å². The highest BCUT2D eigenvalue weighted by Gasteiger charge is 2.10. The minimum absolute atomic E-state index is 0.698. The van der Waals surface area contributed by atoms with E-state index in [4.69, 9.17) is 11.6 Å². The van der Waals surface area contributed by atoms with Gasteiger partial charge in [-0.25, -0.2) is 0 Å². The summed E-state index contributed by atoms with van der Waals surface area (Å²) in [6.45, 7) is 0. The lowest BCUT2D eigenvalue weighted by molar-refractivity contribution is 0.111. The summed E-state index contributed by atoms with van der Waals surface area (Å²) >= 11 is 5.90. The molecule has 0 saturated heterocycles. The van der Waals surface area contributed by atoms with Crippen LogP contribution in [-0.4, -0.2) is 18.7 Å². The van der Waals surface area contributed by atoms with Crippen molar-refractivity contribution in [3.05, 3.63) is 28.9 Å².